The zero-order chi connectivity index (χ0) is 15.2. The van der Waals surface area contributed by atoms with Crippen LogP contribution in [0.25, 0.3) is 0 Å². The molecule has 0 unspecified atom stereocenters. The van der Waals surface area contributed by atoms with Gasteiger partial charge < -0.3 is 19.3 Å². The molecule has 0 radical (unpaired) electrons. The zero-order valence-electron chi connectivity index (χ0n) is 12.2. The van der Waals surface area contributed by atoms with Gasteiger partial charge in [0, 0.05) is 12.3 Å². The third-order valence-corrected chi connectivity index (χ3v) is 2.93. The summed E-state index contributed by atoms with van der Waals surface area (Å²) in [5.41, 5.74) is 1.55. The van der Waals surface area contributed by atoms with Crippen LogP contribution in [0.4, 0.5) is 5.69 Å². The molecule has 0 bridgehead atoms. The number of hydrogen-bond donors (Lipinski definition) is 1. The van der Waals surface area contributed by atoms with Crippen LogP contribution in [0.5, 0.6) is 23.0 Å². The van der Waals surface area contributed by atoms with Gasteiger partial charge in [-0.25, -0.2) is 0 Å². The highest BCUT2D eigenvalue weighted by Gasteiger charge is 2.04. The van der Waals surface area contributed by atoms with Gasteiger partial charge in [-0.15, -0.1) is 0 Å². The van der Waals surface area contributed by atoms with Crippen molar-refractivity contribution in [3.63, 3.8) is 0 Å². The van der Waals surface area contributed by atoms with E-state index in [0.29, 0.717) is 17.2 Å². The van der Waals surface area contributed by atoms with Crippen LogP contribution < -0.4 is 14.2 Å². The molecule has 1 N–H and O–H groups in total. The van der Waals surface area contributed by atoms with Crippen molar-refractivity contribution in [1.29, 1.82) is 0 Å². The van der Waals surface area contributed by atoms with Crippen molar-refractivity contribution in [3.05, 3.63) is 42.0 Å². The van der Waals surface area contributed by atoms with Gasteiger partial charge >= 0.3 is 0 Å². The number of nitrogens with zero attached hydrogens (tertiary/aromatic N) is 1. The Morgan fingerprint density at radius 3 is 2.24 bits per heavy atom. The topological polar surface area (TPSA) is 60.3 Å². The fraction of sp³-hybridized carbons (Fsp3) is 0.188. The highest BCUT2D eigenvalue weighted by molar-refractivity contribution is 5.83. The molecule has 0 atom stereocenters. The van der Waals surface area contributed by atoms with Crippen molar-refractivity contribution >= 4 is 11.9 Å². The van der Waals surface area contributed by atoms with Crippen LogP contribution in [0, 0.1) is 0 Å². The lowest BCUT2D eigenvalue weighted by Crippen LogP contribution is -1.89. The summed E-state index contributed by atoms with van der Waals surface area (Å²) in [6.45, 7) is 0. The van der Waals surface area contributed by atoms with Crippen LogP contribution in [0.1, 0.15) is 5.56 Å². The average Bonchev–Trinajstić information content (AvgIpc) is 2.53. The van der Waals surface area contributed by atoms with Crippen molar-refractivity contribution in [1.82, 2.24) is 0 Å². The Balaban J connectivity index is 2.25. The van der Waals surface area contributed by atoms with Crippen molar-refractivity contribution in [2.45, 2.75) is 0 Å². The standard InChI is InChI=1S/C16H17NO4/c1-19-14-7-5-12(9-16(14)21-3)17-10-11-4-6-13(18)15(8-11)20-2/h4-10,18H,1-3H3. The summed E-state index contributed by atoms with van der Waals surface area (Å²) in [4.78, 5) is 4.37. The molecule has 0 aliphatic rings. The number of hydrogen-bond acceptors (Lipinski definition) is 5. The lowest BCUT2D eigenvalue weighted by molar-refractivity contribution is 0.355. The molecule has 5 heteroatoms. The van der Waals surface area contributed by atoms with Gasteiger partial charge in [0.05, 0.1) is 27.0 Å². The highest BCUT2D eigenvalue weighted by Crippen LogP contribution is 2.31. The zero-order valence-corrected chi connectivity index (χ0v) is 12.2. The quantitative estimate of drug-likeness (QED) is 0.858. The number of aliphatic imine (C=N–C) groups is 1. The summed E-state index contributed by atoms with van der Waals surface area (Å²) < 4.78 is 15.5. The van der Waals surface area contributed by atoms with E-state index in [1.165, 1.54) is 7.11 Å². The van der Waals surface area contributed by atoms with E-state index in [1.54, 1.807) is 50.8 Å². The largest absolute Gasteiger partial charge is 0.504 e. The Labute approximate surface area is 123 Å². The van der Waals surface area contributed by atoms with Crippen LogP contribution in [-0.4, -0.2) is 32.7 Å². The maximum Gasteiger partial charge on any atom is 0.162 e. The smallest absolute Gasteiger partial charge is 0.162 e. The molecule has 2 aromatic rings. The van der Waals surface area contributed by atoms with Crippen molar-refractivity contribution < 1.29 is 19.3 Å². The summed E-state index contributed by atoms with van der Waals surface area (Å²) >= 11 is 0. The Morgan fingerprint density at radius 2 is 1.57 bits per heavy atom. The van der Waals surface area contributed by atoms with Gasteiger partial charge in [0.1, 0.15) is 0 Å². The van der Waals surface area contributed by atoms with Gasteiger partial charge in [-0.2, -0.15) is 0 Å². The number of methoxy groups -OCH3 is 3. The van der Waals surface area contributed by atoms with Crippen LogP contribution in [0.2, 0.25) is 0 Å². The fourth-order valence-corrected chi connectivity index (χ4v) is 1.83. The lowest BCUT2D eigenvalue weighted by Gasteiger charge is -2.07. The average molecular weight is 287 g/mol. The monoisotopic (exact) mass is 287 g/mol. The molecule has 0 aliphatic carbocycles. The van der Waals surface area contributed by atoms with Crippen LogP contribution in [0.15, 0.2) is 41.4 Å². The van der Waals surface area contributed by atoms with Gasteiger partial charge in [0.2, 0.25) is 0 Å². The first-order valence-corrected chi connectivity index (χ1v) is 6.31. The fourth-order valence-electron chi connectivity index (χ4n) is 1.83. The number of phenols is 1. The first-order valence-electron chi connectivity index (χ1n) is 6.31. The van der Waals surface area contributed by atoms with Gasteiger partial charge in [-0.05, 0) is 35.9 Å². The molecule has 0 spiro atoms. The van der Waals surface area contributed by atoms with Gasteiger partial charge in [-0.3, -0.25) is 4.99 Å². The lowest BCUT2D eigenvalue weighted by atomic mass is 10.2. The molecule has 0 aromatic heterocycles. The number of rotatable bonds is 5. The van der Waals surface area contributed by atoms with E-state index in [0.717, 1.165) is 11.3 Å². The molecule has 2 aromatic carbocycles. The second-order valence-corrected chi connectivity index (χ2v) is 4.23. The Morgan fingerprint density at radius 1 is 0.857 bits per heavy atom. The maximum absolute atomic E-state index is 9.55. The summed E-state index contributed by atoms with van der Waals surface area (Å²) in [6, 6.07) is 10.4. The predicted molar refractivity (Wildman–Crippen MR) is 81.5 cm³/mol. The van der Waals surface area contributed by atoms with E-state index in [4.69, 9.17) is 14.2 Å². The highest BCUT2D eigenvalue weighted by atomic mass is 16.5. The third kappa shape index (κ3) is 3.45. The normalized spacial score (nSPS) is 10.6. The molecule has 0 amide bonds. The molecule has 0 saturated heterocycles. The molecule has 110 valence electrons. The number of phenolic OH excluding ortho intramolecular Hbond substituents is 1. The molecule has 0 heterocycles. The minimum atomic E-state index is 0.0979. The van der Waals surface area contributed by atoms with Crippen LogP contribution in [0.3, 0.4) is 0 Å². The molecular formula is C16H17NO4. The molecular weight excluding hydrogens is 270 g/mol. The van der Waals surface area contributed by atoms with E-state index in [1.807, 2.05) is 6.07 Å². The molecule has 0 saturated carbocycles. The number of ether oxygens (including phenoxy) is 3. The summed E-state index contributed by atoms with van der Waals surface area (Å²) in [7, 11) is 4.67. The van der Waals surface area contributed by atoms with Gasteiger partial charge in [0.15, 0.2) is 23.0 Å². The number of benzene rings is 2. The predicted octanol–water partition coefficient (Wildman–Crippen LogP) is 3.17. The van der Waals surface area contributed by atoms with E-state index >= 15 is 0 Å². The second kappa shape index (κ2) is 6.65. The Kier molecular flexibility index (Phi) is 4.66. The molecule has 0 aliphatic heterocycles. The van der Waals surface area contributed by atoms with Crippen LogP contribution in [-0.2, 0) is 0 Å². The molecule has 5 nitrogen and oxygen atoms in total. The second-order valence-electron chi connectivity index (χ2n) is 4.23. The minimum absolute atomic E-state index is 0.0979. The summed E-state index contributed by atoms with van der Waals surface area (Å²) in [5.74, 6) is 1.78. The van der Waals surface area contributed by atoms with E-state index < -0.39 is 0 Å². The third-order valence-electron chi connectivity index (χ3n) is 2.93. The first kappa shape index (κ1) is 14.7. The Bertz CT molecular complexity index is 653. The SMILES string of the molecule is COc1cc(C=Nc2ccc(OC)c(OC)c2)ccc1O. The van der Waals surface area contributed by atoms with Gasteiger partial charge in [0.25, 0.3) is 0 Å². The minimum Gasteiger partial charge on any atom is -0.504 e. The summed E-state index contributed by atoms with van der Waals surface area (Å²) in [6.07, 6.45) is 1.68. The molecule has 21 heavy (non-hydrogen) atoms. The van der Waals surface area contributed by atoms with Crippen molar-refractivity contribution in [2.24, 2.45) is 4.99 Å². The van der Waals surface area contributed by atoms with Crippen molar-refractivity contribution in [2.75, 3.05) is 21.3 Å². The maximum atomic E-state index is 9.55. The van der Waals surface area contributed by atoms with E-state index in [2.05, 4.69) is 4.99 Å². The van der Waals surface area contributed by atoms with Gasteiger partial charge in [-0.1, -0.05) is 0 Å². The number of aromatic hydroxyl groups is 1. The van der Waals surface area contributed by atoms with Crippen molar-refractivity contribution in [3.8, 4) is 23.0 Å². The molecule has 0 fully saturated rings. The van der Waals surface area contributed by atoms with E-state index in [-0.39, 0.29) is 5.75 Å². The molecule has 2 rings (SSSR count). The summed E-state index contributed by atoms with van der Waals surface area (Å²) in [5, 5.41) is 9.55. The van der Waals surface area contributed by atoms with E-state index in [9.17, 15) is 5.11 Å². The first-order chi connectivity index (χ1) is 10.2. The Hall–Kier alpha value is -2.69. The van der Waals surface area contributed by atoms with Crippen LogP contribution >= 0.6 is 0 Å².